The summed E-state index contributed by atoms with van der Waals surface area (Å²) in [6, 6.07) is 2.45. The molecule has 90 valence electrons. The molecule has 2 aromatic rings. The highest BCUT2D eigenvalue weighted by atomic mass is 15.2. The van der Waals surface area contributed by atoms with E-state index in [0.717, 1.165) is 22.9 Å². The van der Waals surface area contributed by atoms with E-state index in [0.29, 0.717) is 6.04 Å². The topological polar surface area (TPSA) is 42.7 Å². The van der Waals surface area contributed by atoms with Crippen molar-refractivity contribution in [3.8, 4) is 5.69 Å². The van der Waals surface area contributed by atoms with Gasteiger partial charge in [0.05, 0.1) is 17.6 Å². The Morgan fingerprint density at radius 1 is 1.24 bits per heavy atom. The fraction of sp³-hybridized carbons (Fsp3) is 0.385. The summed E-state index contributed by atoms with van der Waals surface area (Å²) in [7, 11) is 0. The highest BCUT2D eigenvalue weighted by molar-refractivity contribution is 5.43. The normalized spacial score (nSPS) is 10.9. The lowest BCUT2D eigenvalue weighted by Gasteiger charge is -2.12. The van der Waals surface area contributed by atoms with Gasteiger partial charge in [-0.1, -0.05) is 0 Å². The molecule has 0 unspecified atom stereocenters. The molecule has 0 saturated heterocycles. The van der Waals surface area contributed by atoms with E-state index in [-0.39, 0.29) is 0 Å². The molecule has 0 atom stereocenters. The quantitative estimate of drug-likeness (QED) is 0.881. The van der Waals surface area contributed by atoms with Crippen molar-refractivity contribution >= 4 is 5.95 Å². The molecule has 4 nitrogen and oxygen atoms in total. The van der Waals surface area contributed by atoms with Gasteiger partial charge in [0, 0.05) is 18.4 Å². The lowest BCUT2D eigenvalue weighted by atomic mass is 10.3. The van der Waals surface area contributed by atoms with Gasteiger partial charge >= 0.3 is 0 Å². The van der Waals surface area contributed by atoms with Crippen LogP contribution in [-0.4, -0.2) is 20.6 Å². The molecule has 17 heavy (non-hydrogen) atoms. The number of nitrogens with one attached hydrogen (secondary N) is 1. The molecule has 0 aliphatic rings. The van der Waals surface area contributed by atoms with E-state index in [2.05, 4.69) is 35.2 Å². The van der Waals surface area contributed by atoms with Crippen LogP contribution < -0.4 is 5.32 Å². The fourth-order valence-corrected chi connectivity index (χ4v) is 1.73. The lowest BCUT2D eigenvalue weighted by molar-refractivity contribution is 0.862. The number of rotatable bonds is 3. The predicted octanol–water partition coefficient (Wildman–Crippen LogP) is 2.70. The largest absolute Gasteiger partial charge is 0.353 e. The lowest BCUT2D eigenvalue weighted by Crippen LogP contribution is -2.14. The summed E-state index contributed by atoms with van der Waals surface area (Å²) in [5, 5.41) is 3.34. The first kappa shape index (κ1) is 11.6. The zero-order valence-electron chi connectivity index (χ0n) is 10.7. The van der Waals surface area contributed by atoms with E-state index >= 15 is 0 Å². The monoisotopic (exact) mass is 230 g/mol. The molecule has 4 heteroatoms. The summed E-state index contributed by atoms with van der Waals surface area (Å²) in [5.41, 5.74) is 3.17. The van der Waals surface area contributed by atoms with Crippen molar-refractivity contribution in [3.05, 3.63) is 35.9 Å². The molecule has 0 spiro atoms. The van der Waals surface area contributed by atoms with Crippen LogP contribution in [0, 0.1) is 13.8 Å². The zero-order chi connectivity index (χ0) is 12.4. The Balaban J connectivity index is 2.44. The Hall–Kier alpha value is -1.84. The number of imidazole rings is 1. The third-order valence-electron chi connectivity index (χ3n) is 2.38. The number of anilines is 1. The molecule has 1 N–H and O–H groups in total. The van der Waals surface area contributed by atoms with E-state index in [1.54, 1.807) is 0 Å². The second-order valence-corrected chi connectivity index (χ2v) is 4.60. The van der Waals surface area contributed by atoms with Crippen LogP contribution in [0.2, 0.25) is 0 Å². The SMILES string of the molecule is Cc1cncc(-n2cc(C)nc2NC(C)C)c1. The molecular weight excluding hydrogens is 212 g/mol. The van der Waals surface area contributed by atoms with Gasteiger partial charge in [-0.2, -0.15) is 0 Å². The van der Waals surface area contributed by atoms with Crippen molar-refractivity contribution < 1.29 is 0 Å². The van der Waals surface area contributed by atoms with Crippen molar-refractivity contribution in [2.45, 2.75) is 33.7 Å². The molecule has 0 bridgehead atoms. The minimum Gasteiger partial charge on any atom is -0.353 e. The van der Waals surface area contributed by atoms with Gasteiger partial charge in [-0.3, -0.25) is 9.55 Å². The third-order valence-corrected chi connectivity index (χ3v) is 2.38. The van der Waals surface area contributed by atoms with E-state index < -0.39 is 0 Å². The van der Waals surface area contributed by atoms with Gasteiger partial charge in [0.2, 0.25) is 5.95 Å². The summed E-state index contributed by atoms with van der Waals surface area (Å²) in [4.78, 5) is 8.69. The summed E-state index contributed by atoms with van der Waals surface area (Å²) >= 11 is 0. The summed E-state index contributed by atoms with van der Waals surface area (Å²) in [6.45, 7) is 8.23. The first-order chi connectivity index (χ1) is 8.06. The first-order valence-corrected chi connectivity index (χ1v) is 5.81. The molecule has 0 aliphatic heterocycles. The molecule has 0 aromatic carbocycles. The van der Waals surface area contributed by atoms with E-state index in [1.165, 1.54) is 0 Å². The molecule has 0 aliphatic carbocycles. The van der Waals surface area contributed by atoms with E-state index in [9.17, 15) is 0 Å². The Labute approximate surface area is 102 Å². The summed E-state index contributed by atoms with van der Waals surface area (Å²) < 4.78 is 2.04. The highest BCUT2D eigenvalue weighted by Crippen LogP contribution is 2.17. The van der Waals surface area contributed by atoms with Crippen LogP contribution in [-0.2, 0) is 0 Å². The van der Waals surface area contributed by atoms with Gasteiger partial charge in [-0.15, -0.1) is 0 Å². The van der Waals surface area contributed by atoms with Crippen molar-refractivity contribution in [1.29, 1.82) is 0 Å². The second kappa shape index (κ2) is 4.57. The molecule has 0 fully saturated rings. The number of hydrogen-bond acceptors (Lipinski definition) is 3. The standard InChI is InChI=1S/C13H18N4/c1-9(2)15-13-16-11(4)8-17(13)12-5-10(3)6-14-7-12/h5-9H,1-4H3,(H,15,16). The molecular formula is C13H18N4. The molecule has 0 amide bonds. The van der Waals surface area contributed by atoms with Crippen molar-refractivity contribution in [1.82, 2.24) is 14.5 Å². The third kappa shape index (κ3) is 2.64. The molecule has 2 heterocycles. The number of aryl methyl sites for hydroxylation is 2. The summed E-state index contributed by atoms with van der Waals surface area (Å²) in [5.74, 6) is 0.866. The maximum atomic E-state index is 4.48. The fourth-order valence-electron chi connectivity index (χ4n) is 1.73. The molecule has 0 radical (unpaired) electrons. The van der Waals surface area contributed by atoms with Gasteiger partial charge in [-0.25, -0.2) is 4.98 Å². The van der Waals surface area contributed by atoms with Crippen LogP contribution in [0.15, 0.2) is 24.7 Å². The minimum absolute atomic E-state index is 0.355. The summed E-state index contributed by atoms with van der Waals surface area (Å²) in [6.07, 6.45) is 5.71. The van der Waals surface area contributed by atoms with Crippen molar-refractivity contribution in [2.24, 2.45) is 0 Å². The predicted molar refractivity (Wildman–Crippen MR) is 69.6 cm³/mol. The van der Waals surface area contributed by atoms with Gasteiger partial charge in [0.1, 0.15) is 0 Å². The Morgan fingerprint density at radius 2 is 2.00 bits per heavy atom. The number of pyridine rings is 1. The van der Waals surface area contributed by atoms with Crippen LogP contribution in [0.5, 0.6) is 0 Å². The zero-order valence-corrected chi connectivity index (χ0v) is 10.7. The second-order valence-electron chi connectivity index (χ2n) is 4.60. The van der Waals surface area contributed by atoms with Crippen molar-refractivity contribution in [2.75, 3.05) is 5.32 Å². The molecule has 2 aromatic heterocycles. The van der Waals surface area contributed by atoms with Crippen LogP contribution in [0.4, 0.5) is 5.95 Å². The maximum Gasteiger partial charge on any atom is 0.207 e. The number of aromatic nitrogens is 3. The van der Waals surface area contributed by atoms with Gasteiger partial charge in [0.15, 0.2) is 0 Å². The maximum absolute atomic E-state index is 4.48. The molecule has 2 rings (SSSR count). The number of nitrogens with zero attached hydrogens (tertiary/aromatic N) is 3. The van der Waals surface area contributed by atoms with Crippen LogP contribution in [0.3, 0.4) is 0 Å². The Kier molecular flexibility index (Phi) is 3.13. The van der Waals surface area contributed by atoms with Crippen molar-refractivity contribution in [3.63, 3.8) is 0 Å². The van der Waals surface area contributed by atoms with E-state index in [4.69, 9.17) is 0 Å². The molecule has 0 saturated carbocycles. The number of hydrogen-bond donors (Lipinski definition) is 1. The highest BCUT2D eigenvalue weighted by Gasteiger charge is 2.08. The van der Waals surface area contributed by atoms with Crippen LogP contribution in [0.25, 0.3) is 5.69 Å². The average molecular weight is 230 g/mol. The Bertz CT molecular complexity index is 514. The van der Waals surface area contributed by atoms with Gasteiger partial charge < -0.3 is 5.32 Å². The first-order valence-electron chi connectivity index (χ1n) is 5.81. The van der Waals surface area contributed by atoms with Gasteiger partial charge in [0.25, 0.3) is 0 Å². The smallest absolute Gasteiger partial charge is 0.207 e. The average Bonchev–Trinajstić information content (AvgIpc) is 2.58. The van der Waals surface area contributed by atoms with Crippen LogP contribution >= 0.6 is 0 Å². The Morgan fingerprint density at radius 3 is 2.65 bits per heavy atom. The minimum atomic E-state index is 0.355. The van der Waals surface area contributed by atoms with E-state index in [1.807, 2.05) is 37.0 Å². The van der Waals surface area contributed by atoms with Gasteiger partial charge in [-0.05, 0) is 39.3 Å². The van der Waals surface area contributed by atoms with Crippen LogP contribution in [0.1, 0.15) is 25.1 Å².